The summed E-state index contributed by atoms with van der Waals surface area (Å²) in [7, 11) is 0. The highest BCUT2D eigenvalue weighted by Crippen LogP contribution is 2.38. The highest BCUT2D eigenvalue weighted by Gasteiger charge is 2.22. The van der Waals surface area contributed by atoms with Gasteiger partial charge in [0.2, 0.25) is 0 Å². The molecule has 44 heavy (non-hydrogen) atoms. The minimum atomic E-state index is 0.454. The van der Waals surface area contributed by atoms with Crippen molar-refractivity contribution in [2.24, 2.45) is 0 Å². The molecule has 0 aliphatic carbocycles. The average Bonchev–Trinajstić information content (AvgIpc) is 3.71. The number of fused-ring (bicyclic) bond motifs is 20. The molecule has 210 valence electrons. The van der Waals surface area contributed by atoms with Gasteiger partial charge in [0, 0.05) is 66.5 Å². The Morgan fingerprint density at radius 2 is 0.682 bits per heavy atom. The van der Waals surface area contributed by atoms with Crippen LogP contribution < -0.4 is 22.9 Å². The van der Waals surface area contributed by atoms with Crippen molar-refractivity contribution < 1.29 is 0 Å². The first kappa shape index (κ1) is 24.1. The molecule has 5 heterocycles. The monoisotopic (exact) mass is 574 g/mol. The summed E-state index contributed by atoms with van der Waals surface area (Å²) in [5.74, 6) is 1.86. The standard InChI is InChI=1S/C32H22N12/c33-13-1-5-17-21(9-13)29-39-25(17)37-26-18-6-2-14(34)10-22(18)31(40-26)44-32-24-12-16(36)4-8-20(24)28(42-32)38-27-19-7-3-15(35)11-23(19)30(41-27)43-29/h1-12H,33-36H2,(H2,37,38,39,40,41,42,43,44). The van der Waals surface area contributed by atoms with Gasteiger partial charge in [-0.2, -0.15) is 0 Å². The van der Waals surface area contributed by atoms with E-state index in [0.717, 1.165) is 43.8 Å². The summed E-state index contributed by atoms with van der Waals surface area (Å²) < 4.78 is 0. The van der Waals surface area contributed by atoms with Crippen molar-refractivity contribution in [1.29, 1.82) is 0 Å². The summed E-state index contributed by atoms with van der Waals surface area (Å²) in [6.07, 6.45) is 0. The minimum absolute atomic E-state index is 0.454. The van der Waals surface area contributed by atoms with Crippen LogP contribution in [0.15, 0.2) is 72.8 Å². The first-order chi connectivity index (χ1) is 21.4. The van der Waals surface area contributed by atoms with Crippen LogP contribution in [0.5, 0.6) is 0 Å². The maximum atomic E-state index is 6.21. The number of aromatic amines is 2. The predicted octanol–water partition coefficient (Wildman–Crippen LogP) is 5.20. The van der Waals surface area contributed by atoms with E-state index in [-0.39, 0.29) is 0 Å². The lowest BCUT2D eigenvalue weighted by Gasteiger charge is -1.99. The summed E-state index contributed by atoms with van der Waals surface area (Å²) in [4.78, 5) is 36.4. The molecule has 8 bridgehead atoms. The van der Waals surface area contributed by atoms with Gasteiger partial charge in [-0.25, -0.2) is 29.9 Å². The molecule has 0 radical (unpaired) electrons. The number of nitrogens with two attached hydrogens (primary N) is 4. The third-order valence-electron chi connectivity index (χ3n) is 7.93. The molecular weight excluding hydrogens is 552 g/mol. The van der Waals surface area contributed by atoms with Crippen LogP contribution in [0.3, 0.4) is 0 Å². The van der Waals surface area contributed by atoms with Gasteiger partial charge in [-0.3, -0.25) is 0 Å². The number of nitrogens with one attached hydrogen (secondary N) is 2. The normalized spacial score (nSPS) is 12.0. The van der Waals surface area contributed by atoms with Gasteiger partial charge < -0.3 is 32.9 Å². The lowest BCUT2D eigenvalue weighted by atomic mass is 10.1. The second kappa shape index (κ2) is 8.49. The fourth-order valence-corrected chi connectivity index (χ4v) is 5.86. The average molecular weight is 575 g/mol. The van der Waals surface area contributed by atoms with Crippen LogP contribution in [-0.4, -0.2) is 39.9 Å². The number of H-pyrrole nitrogens is 2. The highest BCUT2D eigenvalue weighted by molar-refractivity contribution is 6.07. The molecule has 0 spiro atoms. The zero-order valence-corrected chi connectivity index (χ0v) is 22.9. The lowest BCUT2D eigenvalue weighted by Crippen LogP contribution is -1.88. The van der Waals surface area contributed by atoms with Gasteiger partial charge >= 0.3 is 0 Å². The Hall–Kier alpha value is -6.56. The van der Waals surface area contributed by atoms with E-state index in [2.05, 4.69) is 9.97 Å². The largest absolute Gasteiger partial charge is 0.399 e. The molecule has 12 nitrogen and oxygen atoms in total. The van der Waals surface area contributed by atoms with Crippen LogP contribution in [0.25, 0.3) is 89.7 Å². The first-order valence-corrected chi connectivity index (χ1v) is 13.8. The van der Waals surface area contributed by atoms with E-state index >= 15 is 0 Å². The van der Waals surface area contributed by atoms with Gasteiger partial charge in [-0.1, -0.05) is 0 Å². The summed E-state index contributed by atoms with van der Waals surface area (Å²) in [6, 6.07) is 22.3. The number of hydrogen-bond acceptors (Lipinski definition) is 10. The highest BCUT2D eigenvalue weighted by atomic mass is 15.1. The van der Waals surface area contributed by atoms with Gasteiger partial charge in [0.15, 0.2) is 23.3 Å². The van der Waals surface area contributed by atoms with Gasteiger partial charge in [0.05, 0.1) is 0 Å². The van der Waals surface area contributed by atoms with Gasteiger partial charge in [-0.05, 0) is 72.8 Å². The first-order valence-electron chi connectivity index (χ1n) is 13.8. The molecule has 2 aliphatic heterocycles. The fraction of sp³-hybridized carbons (Fsp3) is 0. The summed E-state index contributed by atoms with van der Waals surface area (Å²) in [5, 5.41) is 3.22. The number of nitrogens with zero attached hydrogens (tertiary/aromatic N) is 6. The number of anilines is 4. The van der Waals surface area contributed by atoms with E-state index in [1.54, 1.807) is 0 Å². The second-order valence-electron chi connectivity index (χ2n) is 10.8. The summed E-state index contributed by atoms with van der Waals surface area (Å²) in [5.41, 5.74) is 32.5. The van der Waals surface area contributed by atoms with E-state index in [4.69, 9.17) is 52.8 Å². The Balaban J connectivity index is 1.51. The molecule has 7 aromatic rings. The Labute approximate surface area is 247 Å². The number of benzene rings is 4. The number of rotatable bonds is 0. The molecular formula is C32H22N12. The Morgan fingerprint density at radius 1 is 0.341 bits per heavy atom. The quantitative estimate of drug-likeness (QED) is 0.130. The van der Waals surface area contributed by atoms with Crippen molar-refractivity contribution in [3.8, 4) is 45.6 Å². The van der Waals surface area contributed by atoms with Crippen LogP contribution in [0, 0.1) is 0 Å². The molecule has 9 rings (SSSR count). The third-order valence-corrected chi connectivity index (χ3v) is 7.93. The van der Waals surface area contributed by atoms with E-state index in [0.29, 0.717) is 68.6 Å². The molecule has 0 saturated carbocycles. The van der Waals surface area contributed by atoms with Crippen LogP contribution in [0.1, 0.15) is 0 Å². The predicted molar refractivity (Wildman–Crippen MR) is 174 cm³/mol. The van der Waals surface area contributed by atoms with Gasteiger partial charge in [-0.15, -0.1) is 0 Å². The number of hydrogen-bond donors (Lipinski definition) is 6. The lowest BCUT2D eigenvalue weighted by molar-refractivity contribution is 1.19. The van der Waals surface area contributed by atoms with Crippen molar-refractivity contribution in [2.75, 3.05) is 22.9 Å². The molecule has 4 aromatic carbocycles. The Bertz CT molecular complexity index is 2380. The second-order valence-corrected chi connectivity index (χ2v) is 10.8. The zero-order valence-electron chi connectivity index (χ0n) is 22.9. The maximum absolute atomic E-state index is 6.21. The Kier molecular flexibility index (Phi) is 4.64. The van der Waals surface area contributed by atoms with Crippen LogP contribution >= 0.6 is 0 Å². The molecule has 0 unspecified atom stereocenters. The topological polar surface area (TPSA) is 213 Å². The molecule has 0 atom stereocenters. The molecule has 12 heteroatoms. The van der Waals surface area contributed by atoms with Crippen molar-refractivity contribution in [3.63, 3.8) is 0 Å². The number of aromatic nitrogens is 8. The maximum Gasteiger partial charge on any atom is 0.164 e. The zero-order chi connectivity index (χ0) is 29.7. The van der Waals surface area contributed by atoms with E-state index < -0.39 is 0 Å². The van der Waals surface area contributed by atoms with Crippen LogP contribution in [0.4, 0.5) is 22.7 Å². The fourth-order valence-electron chi connectivity index (χ4n) is 5.86. The molecule has 10 N–H and O–H groups in total. The summed E-state index contributed by atoms with van der Waals surface area (Å²) >= 11 is 0. The van der Waals surface area contributed by atoms with Crippen LogP contribution in [0.2, 0.25) is 0 Å². The smallest absolute Gasteiger partial charge is 0.164 e. The SMILES string of the molecule is Nc1ccc2c(c1)-c1nc-2nc2[nH]c(nc3nc(nc4[nH]c(n1)c1cc(N)ccc41)-c1ccc(N)cc1-3)c1cc(N)ccc21. The number of nitrogen functional groups attached to an aromatic ring is 4. The van der Waals surface area contributed by atoms with E-state index in [1.807, 2.05) is 72.8 Å². The molecule has 2 aliphatic rings. The van der Waals surface area contributed by atoms with Crippen LogP contribution in [-0.2, 0) is 0 Å². The third kappa shape index (κ3) is 3.51. The van der Waals surface area contributed by atoms with Crippen molar-refractivity contribution in [1.82, 2.24) is 39.9 Å². The Morgan fingerprint density at radius 3 is 1.11 bits per heavy atom. The van der Waals surface area contributed by atoms with E-state index in [9.17, 15) is 0 Å². The van der Waals surface area contributed by atoms with Crippen molar-refractivity contribution >= 4 is 66.9 Å². The van der Waals surface area contributed by atoms with E-state index in [1.165, 1.54) is 0 Å². The summed E-state index contributed by atoms with van der Waals surface area (Å²) in [6.45, 7) is 0. The van der Waals surface area contributed by atoms with Gasteiger partial charge in [0.25, 0.3) is 0 Å². The molecule has 0 fully saturated rings. The minimum Gasteiger partial charge on any atom is -0.399 e. The van der Waals surface area contributed by atoms with Crippen molar-refractivity contribution in [3.05, 3.63) is 72.8 Å². The molecule has 0 saturated heterocycles. The molecule has 0 amide bonds. The van der Waals surface area contributed by atoms with Gasteiger partial charge in [0.1, 0.15) is 22.6 Å². The molecule has 3 aromatic heterocycles. The van der Waals surface area contributed by atoms with Crippen molar-refractivity contribution in [2.45, 2.75) is 0 Å².